The lowest BCUT2D eigenvalue weighted by atomic mass is 11.9. The summed E-state index contributed by atoms with van der Waals surface area (Å²) >= 11 is 19.1. The molecule has 0 amide bonds. The van der Waals surface area contributed by atoms with Crippen LogP contribution in [-0.4, -0.2) is 27.1 Å². The third-order valence-corrected chi connectivity index (χ3v) is 0. The van der Waals surface area contributed by atoms with E-state index in [0.29, 0.717) is 0 Å². The van der Waals surface area contributed by atoms with E-state index in [1.54, 1.807) is 0 Å². The van der Waals surface area contributed by atoms with E-state index in [4.69, 9.17) is 46.4 Å². The van der Waals surface area contributed by atoms with Crippen molar-refractivity contribution in [2.24, 2.45) is 0 Å². The normalized spacial score (nSPS) is 4.00. The maximum absolute atomic E-state index is 4.76. The Morgan fingerprint density at radius 1 is 0.556 bits per heavy atom. The van der Waals surface area contributed by atoms with Crippen LogP contribution in [0.5, 0.6) is 0 Å². The lowest BCUT2D eigenvalue weighted by molar-refractivity contribution is 0.823. The summed E-state index contributed by atoms with van der Waals surface area (Å²) < 4.78 is 0. The second-order valence-corrected chi connectivity index (χ2v) is 1.82. The van der Waals surface area contributed by atoms with Crippen molar-refractivity contribution in [1.29, 1.82) is 0 Å². The van der Waals surface area contributed by atoms with E-state index in [1.807, 2.05) is 0 Å². The highest BCUT2D eigenvalue weighted by Crippen LogP contribution is 1.73. The van der Waals surface area contributed by atoms with Crippen LogP contribution in [0.3, 0.4) is 0 Å². The second kappa shape index (κ2) is 63.2. The molecule has 0 aromatic carbocycles. The van der Waals surface area contributed by atoms with E-state index in [9.17, 15) is 0 Å². The molecule has 0 aromatic heterocycles. The molecule has 0 rings (SSSR count). The fourth-order valence-corrected chi connectivity index (χ4v) is 0. The molecule has 6 N–H and O–H groups in total. The predicted molar refractivity (Wildman–Crippen MR) is 44.0 cm³/mol. The van der Waals surface area contributed by atoms with Gasteiger partial charge in [-0.3, -0.25) is 0 Å². The molecular formula is C2H10Cl4O3. The fourth-order valence-electron chi connectivity index (χ4n) is 0. The lowest BCUT2D eigenvalue weighted by Crippen LogP contribution is -1.24. The highest BCUT2D eigenvalue weighted by Gasteiger charge is 1.42. The van der Waals surface area contributed by atoms with Crippen molar-refractivity contribution < 1.29 is 16.4 Å². The van der Waals surface area contributed by atoms with Crippen LogP contribution in [0.2, 0.25) is 0 Å². The van der Waals surface area contributed by atoms with Crippen LogP contribution in [-0.2, 0) is 0 Å². The monoisotopic (exact) mass is 222 g/mol. The van der Waals surface area contributed by atoms with Gasteiger partial charge in [0.25, 0.3) is 0 Å². The number of alkyl halides is 4. The van der Waals surface area contributed by atoms with Crippen molar-refractivity contribution >= 4 is 46.4 Å². The molecule has 0 bridgehead atoms. The molecule has 7 heteroatoms. The molecule has 0 saturated heterocycles. The third kappa shape index (κ3) is 414. The van der Waals surface area contributed by atoms with Gasteiger partial charge < -0.3 is 16.4 Å². The Hall–Kier alpha value is 1.04. The van der Waals surface area contributed by atoms with Crippen molar-refractivity contribution in [1.82, 2.24) is 0 Å². The van der Waals surface area contributed by atoms with Crippen molar-refractivity contribution in [3.8, 4) is 0 Å². The maximum Gasteiger partial charge on any atom is 0.0967 e. The molecule has 0 radical (unpaired) electrons. The molecule has 0 aliphatic rings. The third-order valence-electron chi connectivity index (χ3n) is 0. The van der Waals surface area contributed by atoms with E-state index < -0.39 is 0 Å². The van der Waals surface area contributed by atoms with Gasteiger partial charge in [-0.25, -0.2) is 0 Å². The summed E-state index contributed by atoms with van der Waals surface area (Å²) in [5, 5.41) is 0.389. The Morgan fingerprint density at radius 2 is 0.556 bits per heavy atom. The minimum absolute atomic E-state index is 0. The Balaban J connectivity index is -0.00000000889. The highest BCUT2D eigenvalue weighted by molar-refractivity contribution is 6.40. The molecule has 0 unspecified atom stereocenters. The standard InChI is InChI=1S/2CH2Cl2.3H2O/c2*2-1-3;;;/h2*1H2;3*1H2. The van der Waals surface area contributed by atoms with Gasteiger partial charge in [0, 0.05) is 0 Å². The largest absolute Gasteiger partial charge is 0.412 e. The van der Waals surface area contributed by atoms with E-state index in [-0.39, 0.29) is 27.1 Å². The summed E-state index contributed by atoms with van der Waals surface area (Å²) in [5.41, 5.74) is 0. The molecule has 9 heavy (non-hydrogen) atoms. The quantitative estimate of drug-likeness (QED) is 0.531. The van der Waals surface area contributed by atoms with Crippen molar-refractivity contribution in [3.63, 3.8) is 0 Å². The molecule has 0 spiro atoms. The molecule has 0 aliphatic heterocycles. The lowest BCUT2D eigenvalue weighted by Gasteiger charge is -1.42. The minimum atomic E-state index is 0. The molecule has 0 saturated carbocycles. The fraction of sp³-hybridized carbons (Fsp3) is 1.00. The van der Waals surface area contributed by atoms with Gasteiger partial charge in [-0.1, -0.05) is 0 Å². The van der Waals surface area contributed by atoms with Gasteiger partial charge >= 0.3 is 0 Å². The number of halogens is 4. The Morgan fingerprint density at radius 3 is 0.556 bits per heavy atom. The molecule has 0 aromatic rings. The van der Waals surface area contributed by atoms with Crippen LogP contribution < -0.4 is 0 Å². The van der Waals surface area contributed by atoms with Crippen molar-refractivity contribution in [3.05, 3.63) is 0 Å². The molecule has 0 heterocycles. The summed E-state index contributed by atoms with van der Waals surface area (Å²) in [5.74, 6) is 0. The first kappa shape index (κ1) is 32.3. The molecule has 3 nitrogen and oxygen atoms in total. The summed E-state index contributed by atoms with van der Waals surface area (Å²) in [6.45, 7) is 0. The summed E-state index contributed by atoms with van der Waals surface area (Å²) in [6, 6.07) is 0. The summed E-state index contributed by atoms with van der Waals surface area (Å²) in [4.78, 5) is 0. The van der Waals surface area contributed by atoms with E-state index in [0.717, 1.165) is 0 Å². The zero-order valence-corrected chi connectivity index (χ0v) is 7.45. The van der Waals surface area contributed by atoms with Gasteiger partial charge in [0.1, 0.15) is 0 Å². The number of hydrogen-bond acceptors (Lipinski definition) is 0. The van der Waals surface area contributed by atoms with Crippen molar-refractivity contribution in [2.75, 3.05) is 10.7 Å². The van der Waals surface area contributed by atoms with Gasteiger partial charge in [0.2, 0.25) is 0 Å². The minimum Gasteiger partial charge on any atom is -0.412 e. The molecule has 0 atom stereocenters. The molecule has 64 valence electrons. The second-order valence-electron chi connectivity index (χ2n) is 0.202. The van der Waals surface area contributed by atoms with Crippen LogP contribution in [0.1, 0.15) is 0 Å². The van der Waals surface area contributed by atoms with E-state index in [1.165, 1.54) is 0 Å². The van der Waals surface area contributed by atoms with Gasteiger partial charge in [0.05, 0.1) is 10.7 Å². The van der Waals surface area contributed by atoms with Crippen LogP contribution in [0.15, 0.2) is 0 Å². The first-order valence-electron chi connectivity index (χ1n) is 1.07. The van der Waals surface area contributed by atoms with Crippen LogP contribution >= 0.6 is 46.4 Å². The Kier molecular flexibility index (Phi) is 227. The average molecular weight is 224 g/mol. The smallest absolute Gasteiger partial charge is 0.0967 e. The zero-order valence-electron chi connectivity index (χ0n) is 4.43. The van der Waals surface area contributed by atoms with E-state index in [2.05, 4.69) is 0 Å². The van der Waals surface area contributed by atoms with Crippen LogP contribution in [0, 0.1) is 0 Å². The predicted octanol–water partition coefficient (Wildman–Crippen LogP) is 0.369. The maximum atomic E-state index is 4.76. The first-order valence-corrected chi connectivity index (χ1v) is 3.21. The van der Waals surface area contributed by atoms with Gasteiger partial charge in [-0.15, -0.1) is 46.4 Å². The molecule has 0 aliphatic carbocycles. The summed E-state index contributed by atoms with van der Waals surface area (Å²) in [6.07, 6.45) is 0. The first-order chi connectivity index (χ1) is 2.83. The highest BCUT2D eigenvalue weighted by atomic mass is 35.5. The van der Waals surface area contributed by atoms with Crippen molar-refractivity contribution in [2.45, 2.75) is 0 Å². The van der Waals surface area contributed by atoms with Gasteiger partial charge in [-0.05, 0) is 0 Å². The number of hydrogen-bond donors (Lipinski definition) is 0. The number of rotatable bonds is 0. The molecular weight excluding hydrogens is 214 g/mol. The van der Waals surface area contributed by atoms with Gasteiger partial charge in [0.15, 0.2) is 0 Å². The molecule has 0 fully saturated rings. The van der Waals surface area contributed by atoms with Crippen LogP contribution in [0.25, 0.3) is 0 Å². The van der Waals surface area contributed by atoms with E-state index >= 15 is 0 Å². The van der Waals surface area contributed by atoms with Crippen LogP contribution in [0.4, 0.5) is 0 Å². The zero-order chi connectivity index (χ0) is 5.41. The SMILES string of the molecule is ClCCl.ClCCl.O.O.O. The summed E-state index contributed by atoms with van der Waals surface area (Å²) in [7, 11) is 0. The average Bonchev–Trinajstić information content (AvgIpc) is 1.39. The Labute approximate surface area is 73.8 Å². The Bertz CT molecular complexity index is 15.8. The topological polar surface area (TPSA) is 94.5 Å². The van der Waals surface area contributed by atoms with Gasteiger partial charge in [-0.2, -0.15) is 0 Å².